The molecule has 4 rings (SSSR count). The molecule has 0 saturated heterocycles. The third-order valence-corrected chi connectivity index (χ3v) is 3.48. The van der Waals surface area contributed by atoms with Crippen molar-refractivity contribution in [3.05, 3.63) is 69.4 Å². The molecule has 0 unspecified atom stereocenters. The zero-order valence-electron chi connectivity index (χ0n) is 11.3. The summed E-state index contributed by atoms with van der Waals surface area (Å²) in [5, 5.41) is 0. The van der Waals surface area contributed by atoms with Crippen LogP contribution in [0.15, 0.2) is 58.1 Å². The molecular formula is C16H10N4O2. The van der Waals surface area contributed by atoms with Gasteiger partial charge in [0.25, 0.3) is 5.56 Å². The number of benzene rings is 2. The van der Waals surface area contributed by atoms with Crippen LogP contribution in [0.3, 0.4) is 0 Å². The summed E-state index contributed by atoms with van der Waals surface area (Å²) in [6.45, 7) is 0. The topological polar surface area (TPSA) is 91.5 Å². The minimum atomic E-state index is -0.688. The molecular weight excluding hydrogens is 280 g/mol. The van der Waals surface area contributed by atoms with Crippen LogP contribution in [0.1, 0.15) is 0 Å². The fourth-order valence-electron chi connectivity index (χ4n) is 2.50. The van der Waals surface area contributed by atoms with E-state index in [1.54, 1.807) is 0 Å². The zero-order chi connectivity index (χ0) is 15.1. The first-order chi connectivity index (χ1) is 10.7. The van der Waals surface area contributed by atoms with Gasteiger partial charge in [-0.2, -0.15) is 4.98 Å². The van der Waals surface area contributed by atoms with Crippen molar-refractivity contribution in [2.75, 3.05) is 0 Å². The molecule has 0 spiro atoms. The van der Waals surface area contributed by atoms with E-state index >= 15 is 0 Å². The van der Waals surface area contributed by atoms with Gasteiger partial charge in [-0.3, -0.25) is 9.78 Å². The van der Waals surface area contributed by atoms with E-state index in [9.17, 15) is 9.59 Å². The lowest BCUT2D eigenvalue weighted by Crippen LogP contribution is -2.26. The lowest BCUT2D eigenvalue weighted by molar-refractivity contribution is 0.990. The third-order valence-electron chi connectivity index (χ3n) is 3.48. The summed E-state index contributed by atoms with van der Waals surface area (Å²) >= 11 is 0. The van der Waals surface area contributed by atoms with E-state index in [0.29, 0.717) is 5.52 Å². The third kappa shape index (κ3) is 1.89. The molecule has 6 heteroatoms. The first-order valence-corrected chi connectivity index (χ1v) is 6.71. The summed E-state index contributed by atoms with van der Waals surface area (Å²) < 4.78 is 0. The molecule has 0 bridgehead atoms. The highest BCUT2D eigenvalue weighted by molar-refractivity contribution is 5.92. The molecule has 2 heterocycles. The van der Waals surface area contributed by atoms with E-state index in [1.807, 2.05) is 48.5 Å². The van der Waals surface area contributed by atoms with E-state index < -0.39 is 11.2 Å². The van der Waals surface area contributed by atoms with Gasteiger partial charge in [-0.15, -0.1) is 0 Å². The minimum Gasteiger partial charge on any atom is -0.336 e. The maximum atomic E-state index is 11.8. The number of rotatable bonds is 1. The standard InChI is InChI=1S/C16H10N4O2/c21-15-13-14(19-16(22)20-15)18-12-10(7-4-8-11(12)17-13)9-5-2-1-3-6-9/h1-8H,(H2,18,19,20,21,22). The number of hydrogen-bond acceptors (Lipinski definition) is 4. The van der Waals surface area contributed by atoms with Crippen molar-refractivity contribution in [1.82, 2.24) is 19.9 Å². The first-order valence-electron chi connectivity index (χ1n) is 6.71. The Hall–Kier alpha value is -3.28. The van der Waals surface area contributed by atoms with Crippen LogP contribution in [0.2, 0.25) is 0 Å². The Morgan fingerprint density at radius 3 is 2.45 bits per heavy atom. The highest BCUT2D eigenvalue weighted by Gasteiger charge is 2.15. The summed E-state index contributed by atoms with van der Waals surface area (Å²) in [4.78, 5) is 36.5. The van der Waals surface area contributed by atoms with Crippen molar-refractivity contribution in [2.24, 2.45) is 0 Å². The molecule has 2 aromatic carbocycles. The van der Waals surface area contributed by atoms with Gasteiger partial charge in [0.05, 0.1) is 11.0 Å². The number of para-hydroxylation sites is 1. The minimum absolute atomic E-state index is 0.123. The number of fused-ring (bicyclic) bond motifs is 2. The van der Waals surface area contributed by atoms with E-state index in [4.69, 9.17) is 0 Å². The van der Waals surface area contributed by atoms with Crippen molar-refractivity contribution < 1.29 is 0 Å². The van der Waals surface area contributed by atoms with Gasteiger partial charge in [0, 0.05) is 5.56 Å². The Labute approximate surface area is 123 Å². The van der Waals surface area contributed by atoms with Gasteiger partial charge >= 0.3 is 5.69 Å². The van der Waals surface area contributed by atoms with Gasteiger partial charge in [-0.05, 0) is 11.6 Å². The highest BCUT2D eigenvalue weighted by Crippen LogP contribution is 2.27. The van der Waals surface area contributed by atoms with Gasteiger partial charge < -0.3 is 4.98 Å². The number of nitrogens with zero attached hydrogens (tertiary/aromatic N) is 2. The fourth-order valence-corrected chi connectivity index (χ4v) is 2.50. The van der Waals surface area contributed by atoms with Gasteiger partial charge in [0.2, 0.25) is 0 Å². The predicted octanol–water partition coefficient (Wildman–Crippen LogP) is 1.78. The molecule has 0 saturated carbocycles. The Morgan fingerprint density at radius 1 is 0.818 bits per heavy atom. The molecule has 2 N–H and O–H groups in total. The first kappa shape index (κ1) is 12.5. The highest BCUT2D eigenvalue weighted by atomic mass is 16.2. The molecule has 0 atom stereocenters. The normalized spacial score (nSPS) is 11.1. The maximum Gasteiger partial charge on any atom is 0.349 e. The molecule has 2 aliphatic rings. The summed E-state index contributed by atoms with van der Waals surface area (Å²) in [5.41, 5.74) is 2.21. The molecule has 0 aromatic heterocycles. The fraction of sp³-hybridized carbons (Fsp3) is 0. The molecule has 0 aliphatic carbocycles. The van der Waals surface area contributed by atoms with E-state index in [0.717, 1.165) is 16.6 Å². The van der Waals surface area contributed by atoms with Gasteiger partial charge in [-0.1, -0.05) is 42.5 Å². The number of H-pyrrole nitrogens is 2. The molecule has 6 nitrogen and oxygen atoms in total. The molecule has 0 fully saturated rings. The lowest BCUT2D eigenvalue weighted by Gasteiger charge is -2.09. The van der Waals surface area contributed by atoms with Crippen LogP contribution in [0.5, 0.6) is 0 Å². The smallest absolute Gasteiger partial charge is 0.336 e. The maximum absolute atomic E-state index is 11.8. The Balaban J connectivity index is 2.13. The Bertz CT molecular complexity index is 1070. The number of aromatic nitrogens is 4. The lowest BCUT2D eigenvalue weighted by atomic mass is 10.0. The predicted molar refractivity (Wildman–Crippen MR) is 82.8 cm³/mol. The number of hydrogen-bond donors (Lipinski definition) is 2. The van der Waals surface area contributed by atoms with Crippen molar-refractivity contribution in [3.63, 3.8) is 0 Å². The second kappa shape index (κ2) is 4.63. The van der Waals surface area contributed by atoms with Crippen molar-refractivity contribution in [1.29, 1.82) is 0 Å². The van der Waals surface area contributed by atoms with Gasteiger partial charge in [0.15, 0.2) is 11.5 Å². The van der Waals surface area contributed by atoms with Crippen LogP contribution in [0.4, 0.5) is 0 Å². The molecule has 2 aromatic rings. The van der Waals surface area contributed by atoms with Crippen LogP contribution in [-0.2, 0) is 0 Å². The summed E-state index contributed by atoms with van der Waals surface area (Å²) in [6, 6.07) is 15.4. The Kier molecular flexibility index (Phi) is 2.62. The van der Waals surface area contributed by atoms with Gasteiger partial charge in [-0.25, -0.2) is 9.78 Å². The summed E-state index contributed by atoms with van der Waals surface area (Å²) in [5.74, 6) is 0.185. The summed E-state index contributed by atoms with van der Waals surface area (Å²) in [7, 11) is 0. The second-order valence-corrected chi connectivity index (χ2v) is 4.87. The van der Waals surface area contributed by atoms with E-state index in [1.165, 1.54) is 0 Å². The van der Waals surface area contributed by atoms with Gasteiger partial charge in [0.1, 0.15) is 0 Å². The van der Waals surface area contributed by atoms with E-state index in [2.05, 4.69) is 19.9 Å². The average Bonchev–Trinajstić information content (AvgIpc) is 2.53. The second-order valence-electron chi connectivity index (χ2n) is 4.87. The molecule has 0 amide bonds. The molecule has 22 heavy (non-hydrogen) atoms. The summed E-state index contributed by atoms with van der Waals surface area (Å²) in [6.07, 6.45) is 0. The van der Waals surface area contributed by atoms with Crippen LogP contribution in [0.25, 0.3) is 33.7 Å². The molecule has 0 radical (unpaired) electrons. The van der Waals surface area contributed by atoms with Crippen LogP contribution < -0.4 is 11.2 Å². The van der Waals surface area contributed by atoms with Crippen molar-refractivity contribution in [2.45, 2.75) is 0 Å². The SMILES string of the molecule is O=c1nc2[nH]c3c(-c4ccccc4)cccc3nc-2c(=O)[nH]1. The van der Waals surface area contributed by atoms with Crippen molar-refractivity contribution >= 4 is 11.0 Å². The van der Waals surface area contributed by atoms with E-state index in [-0.39, 0.29) is 11.5 Å². The molecule has 106 valence electrons. The Morgan fingerprint density at radius 2 is 1.64 bits per heavy atom. The van der Waals surface area contributed by atoms with Crippen LogP contribution in [0, 0.1) is 0 Å². The monoisotopic (exact) mass is 290 g/mol. The van der Waals surface area contributed by atoms with Crippen LogP contribution >= 0.6 is 0 Å². The average molecular weight is 290 g/mol. The largest absolute Gasteiger partial charge is 0.349 e. The van der Waals surface area contributed by atoms with Crippen LogP contribution in [-0.4, -0.2) is 19.9 Å². The number of aromatic amines is 2. The zero-order valence-corrected chi connectivity index (χ0v) is 11.3. The number of nitrogens with one attached hydrogen (secondary N) is 2. The quantitative estimate of drug-likeness (QED) is 0.523. The van der Waals surface area contributed by atoms with Crippen molar-refractivity contribution in [3.8, 4) is 22.6 Å². The molecule has 2 aliphatic heterocycles.